The Bertz CT molecular complexity index is 280. The second-order valence-corrected chi connectivity index (χ2v) is 4.08. The van der Waals surface area contributed by atoms with Crippen LogP contribution in [0.25, 0.3) is 0 Å². The highest BCUT2D eigenvalue weighted by Crippen LogP contribution is 2.36. The third-order valence-corrected chi connectivity index (χ3v) is 2.85. The fourth-order valence-corrected chi connectivity index (χ4v) is 1.87. The summed E-state index contributed by atoms with van der Waals surface area (Å²) in [6.45, 7) is 2.21. The Balaban J connectivity index is 2.04. The number of hydrogen-bond acceptors (Lipinski definition) is 2. The molecule has 1 aromatic heterocycles. The summed E-state index contributed by atoms with van der Waals surface area (Å²) in [6.07, 6.45) is 5.80. The lowest BCUT2D eigenvalue weighted by atomic mass is 10.1. The zero-order valence-electron chi connectivity index (χ0n) is 7.78. The van der Waals surface area contributed by atoms with Crippen LogP contribution in [0.3, 0.4) is 0 Å². The number of nitrogens with zero attached hydrogens (tertiary/aromatic N) is 3. The Morgan fingerprint density at radius 3 is 3.08 bits per heavy atom. The van der Waals surface area contributed by atoms with E-state index in [1.807, 2.05) is 0 Å². The van der Waals surface area contributed by atoms with E-state index in [0.717, 1.165) is 11.7 Å². The first-order chi connectivity index (χ1) is 6.31. The van der Waals surface area contributed by atoms with E-state index in [4.69, 9.17) is 11.6 Å². The predicted octanol–water partition coefficient (Wildman–Crippen LogP) is 2.38. The lowest BCUT2D eigenvalue weighted by molar-refractivity contribution is 0.465. The maximum atomic E-state index is 5.75. The fourth-order valence-electron chi connectivity index (χ4n) is 1.68. The van der Waals surface area contributed by atoms with Crippen LogP contribution < -0.4 is 0 Å². The Labute approximate surface area is 83.1 Å². The molecule has 0 amide bonds. The van der Waals surface area contributed by atoms with Gasteiger partial charge in [-0.25, -0.2) is 0 Å². The summed E-state index contributed by atoms with van der Waals surface area (Å²) in [5.74, 6) is 2.27. The van der Waals surface area contributed by atoms with Gasteiger partial charge in [-0.2, -0.15) is 0 Å². The number of halogens is 1. The molecule has 0 N–H and O–H groups in total. The summed E-state index contributed by atoms with van der Waals surface area (Å²) in [6, 6.07) is 0.497. The highest BCUT2D eigenvalue weighted by molar-refractivity contribution is 6.16. The predicted molar refractivity (Wildman–Crippen MR) is 51.6 cm³/mol. The minimum atomic E-state index is 0.453. The van der Waals surface area contributed by atoms with Gasteiger partial charge in [0.2, 0.25) is 0 Å². The summed E-state index contributed by atoms with van der Waals surface area (Å²) in [5, 5.41) is 7.83. The van der Waals surface area contributed by atoms with Gasteiger partial charge in [-0.05, 0) is 19.3 Å². The van der Waals surface area contributed by atoms with Gasteiger partial charge in [-0.15, -0.1) is 21.8 Å². The van der Waals surface area contributed by atoms with Gasteiger partial charge in [-0.3, -0.25) is 0 Å². The molecule has 13 heavy (non-hydrogen) atoms. The Hall–Kier alpha value is -0.570. The molecule has 72 valence electrons. The molecule has 1 unspecified atom stereocenters. The Kier molecular flexibility index (Phi) is 2.54. The van der Waals surface area contributed by atoms with Crippen LogP contribution in [-0.4, -0.2) is 14.8 Å². The average Bonchev–Trinajstić information content (AvgIpc) is 2.82. The molecular weight excluding hydrogens is 186 g/mol. The second-order valence-electron chi connectivity index (χ2n) is 3.82. The van der Waals surface area contributed by atoms with Crippen molar-refractivity contribution in [2.75, 3.05) is 0 Å². The first kappa shape index (κ1) is 9.00. The molecule has 4 heteroatoms. The SMILES string of the molecule is CC(CC1CC1)n1cnnc1CCl. The van der Waals surface area contributed by atoms with Crippen molar-refractivity contribution in [1.29, 1.82) is 0 Å². The van der Waals surface area contributed by atoms with Crippen LogP contribution >= 0.6 is 11.6 Å². The molecule has 1 saturated carbocycles. The van der Waals surface area contributed by atoms with E-state index in [-0.39, 0.29) is 0 Å². The van der Waals surface area contributed by atoms with Crippen LogP contribution in [-0.2, 0) is 5.88 Å². The molecule has 0 radical (unpaired) electrons. The Morgan fingerprint density at radius 2 is 2.46 bits per heavy atom. The lowest BCUT2D eigenvalue weighted by Crippen LogP contribution is -2.08. The van der Waals surface area contributed by atoms with Gasteiger partial charge < -0.3 is 4.57 Å². The topological polar surface area (TPSA) is 30.7 Å². The normalized spacial score (nSPS) is 18.9. The number of hydrogen-bond donors (Lipinski definition) is 0. The van der Waals surface area contributed by atoms with Crippen LogP contribution in [0.2, 0.25) is 0 Å². The van der Waals surface area contributed by atoms with Gasteiger partial charge in [0.15, 0.2) is 0 Å². The molecule has 0 spiro atoms. The van der Waals surface area contributed by atoms with Crippen molar-refractivity contribution < 1.29 is 0 Å². The fraction of sp³-hybridized carbons (Fsp3) is 0.778. The molecular formula is C9H14ClN3. The molecule has 2 rings (SSSR count). The van der Waals surface area contributed by atoms with Crippen molar-refractivity contribution in [2.45, 2.75) is 38.1 Å². The first-order valence-corrected chi connectivity index (χ1v) is 5.29. The van der Waals surface area contributed by atoms with Crippen LogP contribution in [0.1, 0.15) is 38.1 Å². The third kappa shape index (κ3) is 2.02. The molecule has 0 saturated heterocycles. The van der Waals surface area contributed by atoms with Crippen LogP contribution in [0.5, 0.6) is 0 Å². The maximum absolute atomic E-state index is 5.75. The van der Waals surface area contributed by atoms with Crippen molar-refractivity contribution >= 4 is 11.6 Å². The highest BCUT2D eigenvalue weighted by atomic mass is 35.5. The Morgan fingerprint density at radius 1 is 1.69 bits per heavy atom. The molecule has 1 fully saturated rings. The molecule has 1 heterocycles. The van der Waals surface area contributed by atoms with E-state index < -0.39 is 0 Å². The number of rotatable bonds is 4. The van der Waals surface area contributed by atoms with E-state index >= 15 is 0 Å². The molecule has 0 aromatic carbocycles. The molecule has 0 bridgehead atoms. The van der Waals surface area contributed by atoms with Crippen molar-refractivity contribution in [1.82, 2.24) is 14.8 Å². The van der Waals surface area contributed by atoms with Crippen molar-refractivity contribution in [3.63, 3.8) is 0 Å². The summed E-state index contributed by atoms with van der Waals surface area (Å²) >= 11 is 5.75. The average molecular weight is 200 g/mol. The first-order valence-electron chi connectivity index (χ1n) is 4.75. The van der Waals surface area contributed by atoms with Gasteiger partial charge in [0.1, 0.15) is 12.2 Å². The number of alkyl halides is 1. The monoisotopic (exact) mass is 199 g/mol. The van der Waals surface area contributed by atoms with Crippen molar-refractivity contribution in [2.24, 2.45) is 5.92 Å². The van der Waals surface area contributed by atoms with Crippen LogP contribution in [0.15, 0.2) is 6.33 Å². The summed E-state index contributed by atoms with van der Waals surface area (Å²) in [4.78, 5) is 0. The van der Waals surface area contributed by atoms with E-state index in [0.29, 0.717) is 11.9 Å². The van der Waals surface area contributed by atoms with Crippen LogP contribution in [0, 0.1) is 5.92 Å². The van der Waals surface area contributed by atoms with Gasteiger partial charge in [-0.1, -0.05) is 12.8 Å². The van der Waals surface area contributed by atoms with Gasteiger partial charge in [0.25, 0.3) is 0 Å². The minimum Gasteiger partial charge on any atom is -0.314 e. The number of aromatic nitrogens is 3. The molecule has 1 aromatic rings. The molecule has 1 aliphatic carbocycles. The standard InChI is InChI=1S/C9H14ClN3/c1-7(4-8-2-3-8)13-6-11-12-9(13)5-10/h6-8H,2-5H2,1H3. The summed E-state index contributed by atoms with van der Waals surface area (Å²) < 4.78 is 2.09. The minimum absolute atomic E-state index is 0.453. The largest absolute Gasteiger partial charge is 0.314 e. The van der Waals surface area contributed by atoms with Gasteiger partial charge in [0.05, 0.1) is 5.88 Å². The van der Waals surface area contributed by atoms with Crippen molar-refractivity contribution in [3.8, 4) is 0 Å². The van der Waals surface area contributed by atoms with E-state index in [9.17, 15) is 0 Å². The van der Waals surface area contributed by atoms with E-state index in [1.165, 1.54) is 19.3 Å². The van der Waals surface area contributed by atoms with Gasteiger partial charge in [0, 0.05) is 6.04 Å². The van der Waals surface area contributed by atoms with Gasteiger partial charge >= 0.3 is 0 Å². The maximum Gasteiger partial charge on any atom is 0.148 e. The highest BCUT2D eigenvalue weighted by Gasteiger charge is 2.24. The molecule has 3 nitrogen and oxygen atoms in total. The third-order valence-electron chi connectivity index (χ3n) is 2.61. The summed E-state index contributed by atoms with van der Waals surface area (Å²) in [5.41, 5.74) is 0. The molecule has 0 aliphatic heterocycles. The van der Waals surface area contributed by atoms with E-state index in [2.05, 4.69) is 21.7 Å². The summed E-state index contributed by atoms with van der Waals surface area (Å²) in [7, 11) is 0. The smallest absolute Gasteiger partial charge is 0.148 e. The lowest BCUT2D eigenvalue weighted by Gasteiger charge is -2.13. The van der Waals surface area contributed by atoms with E-state index in [1.54, 1.807) is 6.33 Å². The zero-order valence-corrected chi connectivity index (χ0v) is 8.54. The van der Waals surface area contributed by atoms with Crippen LogP contribution in [0.4, 0.5) is 0 Å². The zero-order chi connectivity index (χ0) is 9.26. The molecule has 1 atom stereocenters. The quantitative estimate of drug-likeness (QED) is 0.698. The van der Waals surface area contributed by atoms with Crippen molar-refractivity contribution in [3.05, 3.63) is 12.2 Å². The molecule has 1 aliphatic rings. The second kappa shape index (κ2) is 3.66.